The quantitative estimate of drug-likeness (QED) is 0.716. The Morgan fingerprint density at radius 3 is 2.50 bits per heavy atom. The third kappa shape index (κ3) is 6.13. The molecule has 1 fully saturated rings. The molecule has 0 N–H and O–H groups in total. The van der Waals surface area contributed by atoms with E-state index in [1.165, 1.54) is 0 Å². The fourth-order valence-corrected chi connectivity index (χ4v) is 2.79. The van der Waals surface area contributed by atoms with E-state index >= 15 is 0 Å². The minimum absolute atomic E-state index is 0.167. The van der Waals surface area contributed by atoms with Gasteiger partial charge in [-0.2, -0.15) is 0 Å². The molecule has 3 unspecified atom stereocenters. The van der Waals surface area contributed by atoms with Crippen molar-refractivity contribution >= 4 is 11.6 Å². The minimum atomic E-state index is 0.167. The lowest BCUT2D eigenvalue weighted by Gasteiger charge is -2.35. The van der Waals surface area contributed by atoms with Crippen LogP contribution in [0.25, 0.3) is 0 Å². The van der Waals surface area contributed by atoms with Crippen molar-refractivity contribution in [1.82, 2.24) is 4.90 Å². The largest absolute Gasteiger partial charge is 0.468 e. The van der Waals surface area contributed by atoms with Gasteiger partial charge in [0.15, 0.2) is 6.79 Å². The lowest BCUT2D eigenvalue weighted by Crippen LogP contribution is -2.46. The van der Waals surface area contributed by atoms with Crippen molar-refractivity contribution in [2.75, 3.05) is 26.4 Å². The first kappa shape index (κ1) is 17.5. The van der Waals surface area contributed by atoms with Crippen LogP contribution >= 0.6 is 11.6 Å². The van der Waals surface area contributed by atoms with E-state index in [0.717, 1.165) is 31.8 Å². The number of ether oxygens (including phenoxy) is 3. The van der Waals surface area contributed by atoms with E-state index in [2.05, 4.69) is 25.7 Å². The number of hydrogen-bond donors (Lipinski definition) is 0. The Hall–Kier alpha value is -0.810. The van der Waals surface area contributed by atoms with Crippen molar-refractivity contribution < 1.29 is 14.2 Å². The lowest BCUT2D eigenvalue weighted by molar-refractivity contribution is -0.0759. The predicted octanol–water partition coefficient (Wildman–Crippen LogP) is 3.58. The van der Waals surface area contributed by atoms with Crippen molar-refractivity contribution in [2.45, 2.75) is 45.5 Å². The van der Waals surface area contributed by atoms with E-state index in [1.807, 2.05) is 12.1 Å². The summed E-state index contributed by atoms with van der Waals surface area (Å²) in [5, 5.41) is 0.704. The van der Waals surface area contributed by atoms with Gasteiger partial charge in [-0.1, -0.05) is 11.6 Å². The molecular formula is C17H26ClNO3. The maximum Gasteiger partial charge on any atom is 0.189 e. The summed E-state index contributed by atoms with van der Waals surface area (Å²) in [5.41, 5.74) is 0. The first-order valence-electron chi connectivity index (χ1n) is 7.90. The molecule has 1 aromatic carbocycles. The third-order valence-corrected chi connectivity index (χ3v) is 3.99. The summed E-state index contributed by atoms with van der Waals surface area (Å²) in [7, 11) is 0. The summed E-state index contributed by atoms with van der Waals surface area (Å²) < 4.78 is 17.0. The Kier molecular flexibility index (Phi) is 6.96. The predicted molar refractivity (Wildman–Crippen MR) is 88.6 cm³/mol. The molecule has 124 valence electrons. The average molecular weight is 328 g/mol. The molecule has 4 nitrogen and oxygen atoms in total. The maximum atomic E-state index is 5.83. The fraction of sp³-hybridized carbons (Fsp3) is 0.647. The first-order valence-corrected chi connectivity index (χ1v) is 8.28. The number of nitrogens with zero attached hydrogens (tertiary/aromatic N) is 1. The maximum absolute atomic E-state index is 5.83. The van der Waals surface area contributed by atoms with Crippen LogP contribution in [0, 0.1) is 0 Å². The van der Waals surface area contributed by atoms with Crippen LogP contribution in [0.4, 0.5) is 0 Å². The molecule has 0 saturated carbocycles. The van der Waals surface area contributed by atoms with E-state index in [0.29, 0.717) is 17.2 Å². The molecule has 1 aliphatic heterocycles. The molecule has 22 heavy (non-hydrogen) atoms. The molecule has 1 saturated heterocycles. The summed E-state index contributed by atoms with van der Waals surface area (Å²) in [6.45, 7) is 9.62. The van der Waals surface area contributed by atoms with Crippen LogP contribution in [0.15, 0.2) is 24.3 Å². The second-order valence-electron chi connectivity index (χ2n) is 6.00. The molecule has 1 aromatic rings. The van der Waals surface area contributed by atoms with Crippen molar-refractivity contribution in [2.24, 2.45) is 0 Å². The molecule has 0 radical (unpaired) electrons. The van der Waals surface area contributed by atoms with E-state index < -0.39 is 0 Å². The van der Waals surface area contributed by atoms with E-state index in [1.54, 1.807) is 12.1 Å². The van der Waals surface area contributed by atoms with Crippen LogP contribution in [0.1, 0.15) is 27.2 Å². The topological polar surface area (TPSA) is 30.9 Å². The van der Waals surface area contributed by atoms with Crippen molar-refractivity contribution in [3.05, 3.63) is 29.3 Å². The lowest BCUT2D eigenvalue weighted by atomic mass is 10.2. The second kappa shape index (κ2) is 8.73. The normalized spacial score (nSPS) is 24.2. The fourth-order valence-electron chi connectivity index (χ4n) is 2.66. The molecule has 2 rings (SSSR count). The summed E-state index contributed by atoms with van der Waals surface area (Å²) >= 11 is 5.83. The highest BCUT2D eigenvalue weighted by molar-refractivity contribution is 6.30. The molecule has 0 aromatic heterocycles. The third-order valence-electron chi connectivity index (χ3n) is 3.74. The highest BCUT2D eigenvalue weighted by atomic mass is 35.5. The molecule has 5 heteroatoms. The van der Waals surface area contributed by atoms with Crippen LogP contribution in [0.3, 0.4) is 0 Å². The van der Waals surface area contributed by atoms with Gasteiger partial charge < -0.3 is 14.2 Å². The van der Waals surface area contributed by atoms with E-state index in [9.17, 15) is 0 Å². The Labute approximate surface area is 138 Å². The van der Waals surface area contributed by atoms with Crippen LogP contribution in [0.2, 0.25) is 5.02 Å². The van der Waals surface area contributed by atoms with Gasteiger partial charge in [0.25, 0.3) is 0 Å². The van der Waals surface area contributed by atoms with Gasteiger partial charge in [-0.15, -0.1) is 0 Å². The van der Waals surface area contributed by atoms with Crippen molar-refractivity contribution in [3.8, 4) is 5.75 Å². The number of rotatable bonds is 7. The molecule has 1 heterocycles. The number of morpholine rings is 1. The molecule has 0 aliphatic carbocycles. The van der Waals surface area contributed by atoms with Gasteiger partial charge in [-0.25, -0.2) is 0 Å². The molecule has 1 aliphatic rings. The molecule has 3 atom stereocenters. The van der Waals surface area contributed by atoms with E-state index in [4.69, 9.17) is 25.8 Å². The minimum Gasteiger partial charge on any atom is -0.468 e. The van der Waals surface area contributed by atoms with E-state index in [-0.39, 0.29) is 12.9 Å². The first-order chi connectivity index (χ1) is 10.5. The summed E-state index contributed by atoms with van der Waals surface area (Å²) in [5.74, 6) is 0.771. The molecule has 0 spiro atoms. The highest BCUT2D eigenvalue weighted by Gasteiger charge is 2.22. The van der Waals surface area contributed by atoms with Gasteiger partial charge in [-0.3, -0.25) is 4.90 Å². The Morgan fingerprint density at radius 1 is 1.23 bits per heavy atom. The highest BCUT2D eigenvalue weighted by Crippen LogP contribution is 2.16. The zero-order valence-corrected chi connectivity index (χ0v) is 14.4. The SMILES string of the molecule is CC(CCN1CC(C)OC(C)C1)OCOc1ccc(Cl)cc1. The van der Waals surface area contributed by atoms with Gasteiger partial charge in [-0.05, 0) is 51.5 Å². The molecule has 0 bridgehead atoms. The Balaban J connectivity index is 1.61. The summed E-state index contributed by atoms with van der Waals surface area (Å²) in [6.07, 6.45) is 1.78. The van der Waals surface area contributed by atoms with Crippen LogP contribution in [0.5, 0.6) is 5.75 Å². The number of benzene rings is 1. The molecule has 0 amide bonds. The van der Waals surface area contributed by atoms with Gasteiger partial charge in [0.1, 0.15) is 5.75 Å². The number of hydrogen-bond acceptors (Lipinski definition) is 4. The summed E-state index contributed by atoms with van der Waals surface area (Å²) in [6, 6.07) is 7.29. The number of halogens is 1. The molecular weight excluding hydrogens is 302 g/mol. The smallest absolute Gasteiger partial charge is 0.189 e. The van der Waals surface area contributed by atoms with Gasteiger partial charge in [0, 0.05) is 24.7 Å². The van der Waals surface area contributed by atoms with Crippen LogP contribution in [-0.2, 0) is 9.47 Å². The van der Waals surface area contributed by atoms with Crippen LogP contribution < -0.4 is 4.74 Å². The monoisotopic (exact) mass is 327 g/mol. The zero-order valence-electron chi connectivity index (χ0n) is 13.6. The van der Waals surface area contributed by atoms with Crippen molar-refractivity contribution in [3.63, 3.8) is 0 Å². The van der Waals surface area contributed by atoms with Gasteiger partial charge >= 0.3 is 0 Å². The average Bonchev–Trinajstić information content (AvgIpc) is 2.46. The summed E-state index contributed by atoms with van der Waals surface area (Å²) in [4.78, 5) is 2.44. The van der Waals surface area contributed by atoms with Gasteiger partial charge in [0.05, 0.1) is 18.3 Å². The second-order valence-corrected chi connectivity index (χ2v) is 6.44. The Morgan fingerprint density at radius 2 is 1.86 bits per heavy atom. The Bertz CT molecular complexity index is 430. The zero-order chi connectivity index (χ0) is 15.9. The standard InChI is InChI=1S/C17H26ClNO3/c1-13(8-9-19-10-14(2)22-15(3)11-19)20-12-21-17-6-4-16(18)5-7-17/h4-7,13-15H,8-12H2,1-3H3. The van der Waals surface area contributed by atoms with Crippen LogP contribution in [-0.4, -0.2) is 49.6 Å². The van der Waals surface area contributed by atoms with Gasteiger partial charge in [0.2, 0.25) is 0 Å². The van der Waals surface area contributed by atoms with Crippen molar-refractivity contribution in [1.29, 1.82) is 0 Å².